The highest BCUT2D eigenvalue weighted by atomic mass is 16.5. The summed E-state index contributed by atoms with van der Waals surface area (Å²) >= 11 is 0. The molecule has 2 N–H and O–H groups in total. The Kier molecular flexibility index (Phi) is 14.5. The van der Waals surface area contributed by atoms with Gasteiger partial charge in [0.05, 0.1) is 66.1 Å². The summed E-state index contributed by atoms with van der Waals surface area (Å²) in [6.45, 7) is 3.69. The van der Waals surface area contributed by atoms with E-state index in [0.717, 1.165) is 0 Å². The van der Waals surface area contributed by atoms with E-state index in [-0.39, 0.29) is 60.1 Å². The van der Waals surface area contributed by atoms with E-state index in [4.69, 9.17) is 33.2 Å². The zero-order valence-electron chi connectivity index (χ0n) is 27.4. The second kappa shape index (κ2) is 19.0. The highest BCUT2D eigenvalue weighted by Gasteiger charge is 2.44. The first-order valence-electron chi connectivity index (χ1n) is 15.8. The second-order valence-electron chi connectivity index (χ2n) is 10.9. The molecule has 2 unspecified atom stereocenters. The van der Waals surface area contributed by atoms with Crippen molar-refractivity contribution in [3.05, 3.63) is 58.7 Å². The van der Waals surface area contributed by atoms with Crippen molar-refractivity contribution in [2.45, 2.75) is 0 Å². The fraction of sp³-hybridized carbons (Fsp3) is 0.471. The van der Waals surface area contributed by atoms with Gasteiger partial charge in [-0.25, -0.2) is 0 Å². The van der Waals surface area contributed by atoms with Gasteiger partial charge in [-0.05, 0) is 36.4 Å². The van der Waals surface area contributed by atoms with E-state index in [1.165, 1.54) is 36.4 Å². The molecule has 2 aliphatic carbocycles. The van der Waals surface area contributed by atoms with E-state index in [2.05, 4.69) is 10.6 Å². The van der Waals surface area contributed by atoms with E-state index < -0.39 is 46.8 Å². The smallest absolute Gasteiger partial charge is 0.239 e. The Morgan fingerprint density at radius 1 is 0.510 bits per heavy atom. The van der Waals surface area contributed by atoms with Crippen LogP contribution in [0.5, 0.6) is 11.5 Å². The van der Waals surface area contributed by atoms with Crippen molar-refractivity contribution in [2.24, 2.45) is 11.8 Å². The standard InChI is InChI=1S/C34H40N2O13/c1-43-11-13-47-17-15-45-9-7-35-33(41)27-29(37)23-5-3-21(19-25(23)31(27)39)49-22-4-6-24-26(20-22)32(40)28(30(24)38)34(42)36-8-10-46-16-18-48-14-12-44-2/h3-6,19-20,27-28H,7-18H2,1-2H3,(H,35,41)(H,36,42). The van der Waals surface area contributed by atoms with Crippen LogP contribution in [0.2, 0.25) is 0 Å². The quantitative estimate of drug-likeness (QED) is 0.132. The minimum absolute atomic E-state index is 0.0267. The number of carbonyl (C=O) groups is 6. The monoisotopic (exact) mass is 684 g/mol. The van der Waals surface area contributed by atoms with Gasteiger partial charge in [-0.1, -0.05) is 0 Å². The van der Waals surface area contributed by atoms with Crippen molar-refractivity contribution in [1.29, 1.82) is 0 Å². The largest absolute Gasteiger partial charge is 0.457 e. The van der Waals surface area contributed by atoms with Crippen LogP contribution in [0, 0.1) is 11.8 Å². The molecule has 0 fully saturated rings. The van der Waals surface area contributed by atoms with Crippen LogP contribution in [-0.2, 0) is 38.0 Å². The normalized spacial score (nSPS) is 16.5. The van der Waals surface area contributed by atoms with Gasteiger partial charge in [0.25, 0.3) is 0 Å². The first-order valence-corrected chi connectivity index (χ1v) is 15.8. The van der Waals surface area contributed by atoms with E-state index in [1.54, 1.807) is 14.2 Å². The third-order valence-electron chi connectivity index (χ3n) is 7.55. The molecule has 2 aliphatic rings. The predicted octanol–water partition coefficient (Wildman–Crippen LogP) is 1.06. The van der Waals surface area contributed by atoms with Crippen molar-refractivity contribution in [2.75, 3.05) is 93.4 Å². The minimum atomic E-state index is -1.53. The molecular weight excluding hydrogens is 644 g/mol. The highest BCUT2D eigenvalue weighted by molar-refractivity contribution is 6.36. The van der Waals surface area contributed by atoms with Gasteiger partial charge in [0.15, 0.2) is 35.0 Å². The molecular formula is C34H40N2O13. The number of hydrogen-bond acceptors (Lipinski definition) is 13. The molecule has 2 aromatic carbocycles. The van der Waals surface area contributed by atoms with E-state index in [9.17, 15) is 28.8 Å². The molecule has 0 aromatic heterocycles. The van der Waals surface area contributed by atoms with Gasteiger partial charge in [0.1, 0.15) is 11.5 Å². The number of rotatable bonds is 22. The molecule has 0 radical (unpaired) electrons. The lowest BCUT2D eigenvalue weighted by atomic mass is 10.0. The van der Waals surface area contributed by atoms with E-state index in [1.807, 2.05) is 0 Å². The fourth-order valence-corrected chi connectivity index (χ4v) is 5.11. The Balaban J connectivity index is 1.27. The molecule has 2 amide bonds. The summed E-state index contributed by atoms with van der Waals surface area (Å²) < 4.78 is 36.9. The number of carbonyl (C=O) groups excluding carboxylic acids is 6. The van der Waals surface area contributed by atoms with Crippen LogP contribution in [0.4, 0.5) is 0 Å². The van der Waals surface area contributed by atoms with Gasteiger partial charge in [0, 0.05) is 49.6 Å². The van der Waals surface area contributed by atoms with Gasteiger partial charge < -0.3 is 43.8 Å². The molecule has 15 nitrogen and oxygen atoms in total. The van der Waals surface area contributed by atoms with Gasteiger partial charge in [-0.15, -0.1) is 0 Å². The Labute approximate surface area is 282 Å². The molecule has 2 aromatic rings. The number of ketones is 4. The summed E-state index contributed by atoms with van der Waals surface area (Å²) in [5.41, 5.74) is 0.232. The number of amides is 2. The van der Waals surface area contributed by atoms with Crippen molar-refractivity contribution < 1.29 is 61.9 Å². The Morgan fingerprint density at radius 2 is 0.857 bits per heavy atom. The average Bonchev–Trinajstić information content (AvgIpc) is 3.49. The lowest BCUT2D eigenvalue weighted by Gasteiger charge is -2.09. The van der Waals surface area contributed by atoms with Crippen LogP contribution in [-0.4, -0.2) is 128 Å². The van der Waals surface area contributed by atoms with Crippen molar-refractivity contribution in [3.63, 3.8) is 0 Å². The number of fused-ring (bicyclic) bond motifs is 2. The van der Waals surface area contributed by atoms with Gasteiger partial charge in [0.2, 0.25) is 11.8 Å². The molecule has 0 saturated heterocycles. The zero-order chi connectivity index (χ0) is 35.2. The van der Waals surface area contributed by atoms with Gasteiger partial charge in [-0.3, -0.25) is 28.8 Å². The summed E-state index contributed by atoms with van der Waals surface area (Å²) in [5, 5.41) is 5.11. The van der Waals surface area contributed by atoms with E-state index >= 15 is 0 Å². The van der Waals surface area contributed by atoms with Crippen LogP contribution in [0.1, 0.15) is 41.4 Å². The maximum atomic E-state index is 13.1. The fourth-order valence-electron chi connectivity index (χ4n) is 5.11. The highest BCUT2D eigenvalue weighted by Crippen LogP contribution is 2.35. The van der Waals surface area contributed by atoms with E-state index in [0.29, 0.717) is 52.9 Å². The third-order valence-corrected chi connectivity index (χ3v) is 7.55. The summed E-state index contributed by atoms with van der Waals surface area (Å²) in [4.78, 5) is 77.4. The molecule has 2 atom stereocenters. The molecule has 0 spiro atoms. The predicted molar refractivity (Wildman–Crippen MR) is 170 cm³/mol. The Bertz CT molecular complexity index is 1410. The van der Waals surface area contributed by atoms with Crippen LogP contribution >= 0.6 is 0 Å². The summed E-state index contributed by atoms with van der Waals surface area (Å²) in [6, 6.07) is 8.39. The maximum Gasteiger partial charge on any atom is 0.239 e. The summed E-state index contributed by atoms with van der Waals surface area (Å²) in [5.74, 6) is -6.77. The Morgan fingerprint density at radius 3 is 1.24 bits per heavy atom. The number of benzene rings is 2. The number of Topliss-reactive ketones (excluding diaryl/α,β-unsaturated/α-hetero) is 4. The zero-order valence-corrected chi connectivity index (χ0v) is 27.4. The molecule has 0 aliphatic heterocycles. The first kappa shape index (κ1) is 37.4. The second-order valence-corrected chi connectivity index (χ2v) is 10.9. The number of nitrogens with one attached hydrogen (secondary N) is 2. The average molecular weight is 685 g/mol. The summed E-state index contributed by atoms with van der Waals surface area (Å²) in [6.07, 6.45) is 0. The number of ether oxygens (including phenoxy) is 7. The van der Waals surface area contributed by atoms with Gasteiger partial charge in [-0.2, -0.15) is 0 Å². The van der Waals surface area contributed by atoms with Crippen LogP contribution in [0.3, 0.4) is 0 Å². The Hall–Kier alpha value is -4.38. The topological polar surface area (TPSA) is 191 Å². The third kappa shape index (κ3) is 9.84. The maximum absolute atomic E-state index is 13.1. The van der Waals surface area contributed by atoms with Crippen LogP contribution in [0.25, 0.3) is 0 Å². The molecule has 0 saturated carbocycles. The molecule has 49 heavy (non-hydrogen) atoms. The van der Waals surface area contributed by atoms with Gasteiger partial charge >= 0.3 is 0 Å². The SMILES string of the molecule is COCCOCCOCCNC(=O)C1C(=O)c2ccc(Oc3ccc4c(c3)C(=O)C(C(=O)NCCOCCOCCOC)C4=O)cc2C1=O. The van der Waals surface area contributed by atoms with Crippen molar-refractivity contribution in [1.82, 2.24) is 10.6 Å². The number of methoxy groups -OCH3 is 2. The molecule has 4 rings (SSSR count). The lowest BCUT2D eigenvalue weighted by Crippen LogP contribution is -2.38. The van der Waals surface area contributed by atoms with Crippen LogP contribution < -0.4 is 15.4 Å². The molecule has 15 heteroatoms. The molecule has 0 heterocycles. The molecule has 264 valence electrons. The number of hydrogen-bond donors (Lipinski definition) is 2. The van der Waals surface area contributed by atoms with Crippen LogP contribution in [0.15, 0.2) is 36.4 Å². The van der Waals surface area contributed by atoms with Crippen molar-refractivity contribution in [3.8, 4) is 11.5 Å². The molecule has 0 bridgehead atoms. The first-order chi connectivity index (χ1) is 23.8. The van der Waals surface area contributed by atoms with Crippen molar-refractivity contribution >= 4 is 34.9 Å². The summed E-state index contributed by atoms with van der Waals surface area (Å²) in [7, 11) is 3.14. The lowest BCUT2D eigenvalue weighted by molar-refractivity contribution is -0.123. The minimum Gasteiger partial charge on any atom is -0.457 e.